The van der Waals surface area contributed by atoms with E-state index in [2.05, 4.69) is 24.3 Å². The lowest BCUT2D eigenvalue weighted by molar-refractivity contribution is -0.113. The van der Waals surface area contributed by atoms with Crippen LogP contribution in [0, 0.1) is 13.8 Å². The third-order valence-electron chi connectivity index (χ3n) is 5.53. The SMILES string of the molecule is Cc1cc(C)n(-c2nc(SCC(=O)Nc3cccc(Cl)c3)c3c4c(sc3n2)COC(C)(C)C4)n1. The molecule has 1 amide bonds. The minimum absolute atomic E-state index is 0.126. The lowest BCUT2D eigenvalue weighted by Gasteiger charge is -2.30. The van der Waals surface area contributed by atoms with Gasteiger partial charge in [0.25, 0.3) is 5.95 Å². The molecule has 10 heteroatoms. The van der Waals surface area contributed by atoms with Gasteiger partial charge in [0, 0.05) is 33.1 Å². The number of ether oxygens (including phenoxy) is 1. The van der Waals surface area contributed by atoms with Crippen LogP contribution in [0.2, 0.25) is 5.02 Å². The van der Waals surface area contributed by atoms with Gasteiger partial charge >= 0.3 is 0 Å². The van der Waals surface area contributed by atoms with Crippen molar-refractivity contribution in [1.29, 1.82) is 0 Å². The molecule has 0 fully saturated rings. The molecule has 1 aliphatic heterocycles. The number of halogens is 1. The number of thiophene rings is 1. The quantitative estimate of drug-likeness (QED) is 0.271. The van der Waals surface area contributed by atoms with Gasteiger partial charge in [0.2, 0.25) is 5.91 Å². The Labute approximate surface area is 210 Å². The highest BCUT2D eigenvalue weighted by atomic mass is 35.5. The summed E-state index contributed by atoms with van der Waals surface area (Å²) in [5.74, 6) is 0.591. The Hall–Kier alpha value is -2.46. The number of nitrogens with zero attached hydrogens (tertiary/aromatic N) is 4. The fourth-order valence-electron chi connectivity index (χ4n) is 4.03. The van der Waals surface area contributed by atoms with E-state index in [0.29, 0.717) is 23.3 Å². The summed E-state index contributed by atoms with van der Waals surface area (Å²) < 4.78 is 7.79. The van der Waals surface area contributed by atoms with Crippen LogP contribution < -0.4 is 5.32 Å². The number of carbonyl (C=O) groups excluding carboxylic acids is 1. The van der Waals surface area contributed by atoms with Crippen LogP contribution in [0.25, 0.3) is 16.2 Å². The second-order valence-corrected chi connectivity index (χ2v) is 11.4. The van der Waals surface area contributed by atoms with Crippen LogP contribution in [-0.2, 0) is 22.6 Å². The molecule has 0 radical (unpaired) electrons. The number of fused-ring (bicyclic) bond motifs is 3. The standard InChI is InChI=1S/C24H24ClN5O2S2/c1-13-8-14(2)30(29-13)23-27-21(33-12-19(31)26-16-7-5-6-15(25)9-16)20-17-10-24(3,4)32-11-18(17)34-22(20)28-23/h5-9H,10-12H2,1-4H3,(H,26,31). The Balaban J connectivity index is 1.52. The zero-order chi connectivity index (χ0) is 24.0. The van der Waals surface area contributed by atoms with Gasteiger partial charge in [0.05, 0.1) is 23.7 Å². The molecule has 4 heterocycles. The Bertz CT molecular complexity index is 1410. The van der Waals surface area contributed by atoms with Crippen molar-refractivity contribution in [2.45, 2.75) is 51.3 Å². The van der Waals surface area contributed by atoms with E-state index in [1.165, 1.54) is 22.2 Å². The van der Waals surface area contributed by atoms with Gasteiger partial charge in [-0.3, -0.25) is 4.79 Å². The summed E-state index contributed by atoms with van der Waals surface area (Å²) in [6, 6.07) is 9.12. The summed E-state index contributed by atoms with van der Waals surface area (Å²) in [6.07, 6.45) is 0.771. The van der Waals surface area contributed by atoms with Gasteiger partial charge < -0.3 is 10.1 Å². The Kier molecular flexibility index (Phi) is 6.14. The zero-order valence-electron chi connectivity index (χ0n) is 19.3. The van der Waals surface area contributed by atoms with E-state index in [1.807, 2.05) is 26.0 Å². The maximum atomic E-state index is 12.7. The second-order valence-electron chi connectivity index (χ2n) is 8.92. The van der Waals surface area contributed by atoms with E-state index in [-0.39, 0.29) is 17.3 Å². The molecule has 0 atom stereocenters. The van der Waals surface area contributed by atoms with E-state index in [9.17, 15) is 4.79 Å². The molecule has 1 N–H and O–H groups in total. The van der Waals surface area contributed by atoms with Crippen LogP contribution in [0.1, 0.15) is 35.7 Å². The first-order chi connectivity index (χ1) is 16.2. The Morgan fingerprint density at radius 3 is 2.85 bits per heavy atom. The molecule has 5 rings (SSSR count). The molecule has 1 aliphatic rings. The third kappa shape index (κ3) is 4.70. The Morgan fingerprint density at radius 1 is 1.29 bits per heavy atom. The summed E-state index contributed by atoms with van der Waals surface area (Å²) in [7, 11) is 0. The number of benzene rings is 1. The second kappa shape index (κ2) is 8.96. The largest absolute Gasteiger partial charge is 0.370 e. The number of carbonyl (C=O) groups is 1. The first-order valence-corrected chi connectivity index (χ1v) is 13.0. The highest BCUT2D eigenvalue weighted by Gasteiger charge is 2.31. The molecule has 3 aromatic heterocycles. The molecule has 0 unspecified atom stereocenters. The normalized spacial score (nSPS) is 14.9. The van der Waals surface area contributed by atoms with Crippen LogP contribution in [0.4, 0.5) is 5.69 Å². The number of thioether (sulfide) groups is 1. The molecular weight excluding hydrogens is 490 g/mol. The summed E-state index contributed by atoms with van der Waals surface area (Å²) in [5, 5.41) is 9.84. The van der Waals surface area contributed by atoms with Crippen LogP contribution in [-0.4, -0.2) is 37.0 Å². The first kappa shape index (κ1) is 23.3. The number of nitrogens with one attached hydrogen (secondary N) is 1. The number of aromatic nitrogens is 4. The molecule has 0 saturated carbocycles. The molecule has 34 heavy (non-hydrogen) atoms. The minimum Gasteiger partial charge on any atom is -0.370 e. The fraction of sp³-hybridized carbons (Fsp3) is 0.333. The van der Waals surface area contributed by atoms with Crippen molar-refractivity contribution >= 4 is 56.5 Å². The molecule has 0 bridgehead atoms. The summed E-state index contributed by atoms with van der Waals surface area (Å²) in [6.45, 7) is 8.67. The molecule has 4 aromatic rings. The van der Waals surface area contributed by atoms with Crippen molar-refractivity contribution in [2.24, 2.45) is 0 Å². The first-order valence-electron chi connectivity index (χ1n) is 10.9. The van der Waals surface area contributed by atoms with E-state index >= 15 is 0 Å². The zero-order valence-corrected chi connectivity index (χ0v) is 21.7. The fourth-order valence-corrected chi connectivity index (χ4v) is 6.23. The van der Waals surface area contributed by atoms with E-state index in [0.717, 1.165) is 33.1 Å². The predicted octanol–water partition coefficient (Wildman–Crippen LogP) is 5.73. The Morgan fingerprint density at radius 2 is 2.12 bits per heavy atom. The van der Waals surface area contributed by atoms with Gasteiger partial charge in [-0.15, -0.1) is 11.3 Å². The van der Waals surface area contributed by atoms with E-state index < -0.39 is 0 Å². The van der Waals surface area contributed by atoms with Crippen molar-refractivity contribution in [3.63, 3.8) is 0 Å². The smallest absolute Gasteiger partial charge is 0.253 e. The third-order valence-corrected chi connectivity index (χ3v) is 7.84. The lowest BCUT2D eigenvalue weighted by Crippen LogP contribution is -2.31. The van der Waals surface area contributed by atoms with Crippen molar-refractivity contribution in [3.05, 3.63) is 57.2 Å². The summed E-state index contributed by atoms with van der Waals surface area (Å²) >= 11 is 9.08. The average molecular weight is 514 g/mol. The highest BCUT2D eigenvalue weighted by Crippen LogP contribution is 2.42. The lowest BCUT2D eigenvalue weighted by atomic mass is 9.95. The van der Waals surface area contributed by atoms with Crippen LogP contribution in [0.15, 0.2) is 35.4 Å². The van der Waals surface area contributed by atoms with E-state index in [4.69, 9.17) is 26.3 Å². The average Bonchev–Trinajstić information content (AvgIpc) is 3.29. The predicted molar refractivity (Wildman–Crippen MR) is 137 cm³/mol. The van der Waals surface area contributed by atoms with Gasteiger partial charge in [-0.05, 0) is 57.5 Å². The monoisotopic (exact) mass is 513 g/mol. The van der Waals surface area contributed by atoms with Crippen molar-refractivity contribution in [1.82, 2.24) is 19.7 Å². The van der Waals surface area contributed by atoms with Gasteiger partial charge in [-0.1, -0.05) is 29.4 Å². The molecular formula is C24H24ClN5O2S2. The number of anilines is 1. The number of amides is 1. The van der Waals surface area contributed by atoms with Crippen molar-refractivity contribution in [2.75, 3.05) is 11.1 Å². The van der Waals surface area contributed by atoms with Crippen LogP contribution >= 0.6 is 34.7 Å². The number of rotatable bonds is 5. The topological polar surface area (TPSA) is 81.9 Å². The maximum Gasteiger partial charge on any atom is 0.253 e. The molecule has 7 nitrogen and oxygen atoms in total. The van der Waals surface area contributed by atoms with Crippen molar-refractivity contribution < 1.29 is 9.53 Å². The minimum atomic E-state index is -0.263. The number of hydrogen-bond acceptors (Lipinski definition) is 7. The maximum absolute atomic E-state index is 12.7. The molecule has 176 valence electrons. The molecule has 0 aliphatic carbocycles. The van der Waals surface area contributed by atoms with Gasteiger partial charge in [0.1, 0.15) is 9.86 Å². The number of hydrogen-bond donors (Lipinski definition) is 1. The van der Waals surface area contributed by atoms with Crippen LogP contribution in [0.5, 0.6) is 0 Å². The van der Waals surface area contributed by atoms with Gasteiger partial charge in [0.15, 0.2) is 0 Å². The number of aryl methyl sites for hydroxylation is 2. The summed E-state index contributed by atoms with van der Waals surface area (Å²) in [5.41, 5.74) is 3.48. The van der Waals surface area contributed by atoms with Gasteiger partial charge in [-0.25, -0.2) is 9.67 Å². The molecule has 1 aromatic carbocycles. The highest BCUT2D eigenvalue weighted by molar-refractivity contribution is 8.00. The van der Waals surface area contributed by atoms with Gasteiger partial charge in [-0.2, -0.15) is 10.1 Å². The summed E-state index contributed by atoms with van der Waals surface area (Å²) in [4.78, 5) is 24.5. The van der Waals surface area contributed by atoms with Crippen molar-refractivity contribution in [3.8, 4) is 5.95 Å². The van der Waals surface area contributed by atoms with E-state index in [1.54, 1.807) is 34.2 Å². The van der Waals surface area contributed by atoms with Crippen LogP contribution in [0.3, 0.4) is 0 Å². The molecule has 0 spiro atoms. The molecule has 0 saturated heterocycles.